The van der Waals surface area contributed by atoms with E-state index in [-0.39, 0.29) is 22.8 Å². The van der Waals surface area contributed by atoms with E-state index in [0.717, 1.165) is 18.4 Å². The zero-order chi connectivity index (χ0) is 26.0. The number of Topliss-reactive ketones (excluding diaryl/α,β-unsaturated/α-hetero) is 1. The molecule has 4 rings (SSSR count). The monoisotopic (exact) mass is 626 g/mol. The summed E-state index contributed by atoms with van der Waals surface area (Å²) in [5.74, 6) is -0.980. The quantitative estimate of drug-likeness (QED) is 0.0958. The highest BCUT2D eigenvalue weighted by Gasteiger charge is 2.09. The van der Waals surface area contributed by atoms with Gasteiger partial charge in [-0.25, -0.2) is 18.7 Å². The van der Waals surface area contributed by atoms with Crippen molar-refractivity contribution in [1.82, 2.24) is 9.97 Å². The highest BCUT2D eigenvalue weighted by Crippen LogP contribution is 2.25. The summed E-state index contributed by atoms with van der Waals surface area (Å²) in [5, 5.41) is 1.72. The molecule has 2 aromatic heterocycles. The summed E-state index contributed by atoms with van der Waals surface area (Å²) in [4.78, 5) is 19.0. The van der Waals surface area contributed by atoms with Crippen LogP contribution in [0.25, 0.3) is 21.8 Å². The average molecular weight is 629 g/mol. The number of nitrogens with zero attached hydrogens (tertiary/aromatic N) is 2. The van der Waals surface area contributed by atoms with Gasteiger partial charge < -0.3 is 4.74 Å². The van der Waals surface area contributed by atoms with Crippen molar-refractivity contribution in [3.63, 3.8) is 0 Å². The Balaban J connectivity index is 0.000000198. The Morgan fingerprint density at radius 3 is 2.00 bits per heavy atom. The fraction of sp³-hybridized carbons (Fsp3) is 0.192. The second-order valence-corrected chi connectivity index (χ2v) is 9.24. The van der Waals surface area contributed by atoms with Crippen LogP contribution in [-0.2, 0) is 4.74 Å². The predicted molar refractivity (Wildman–Crippen MR) is 145 cm³/mol. The van der Waals surface area contributed by atoms with E-state index in [1.54, 1.807) is 48.5 Å². The smallest absolute Gasteiger partial charge is 0.178 e. The summed E-state index contributed by atoms with van der Waals surface area (Å²) in [6.07, 6.45) is 3.80. The maximum atomic E-state index is 13.6. The number of fused-ring (bicyclic) bond motifs is 2. The Bertz CT molecular complexity index is 1330. The van der Waals surface area contributed by atoms with E-state index < -0.39 is 5.82 Å². The van der Waals surface area contributed by atoms with E-state index in [4.69, 9.17) is 16.3 Å². The van der Waals surface area contributed by atoms with Crippen LogP contribution in [0.15, 0.2) is 70.3 Å². The van der Waals surface area contributed by atoms with Crippen molar-refractivity contribution < 1.29 is 18.3 Å². The number of ketones is 1. The first kappa shape index (κ1) is 28.8. The fourth-order valence-electron chi connectivity index (χ4n) is 2.74. The van der Waals surface area contributed by atoms with Gasteiger partial charge >= 0.3 is 0 Å². The molecule has 0 N–H and O–H groups in total. The number of carbonyl (C=O) groups excluding carboxylic acids is 1. The normalized spacial score (nSPS) is 10.1. The first-order chi connectivity index (χ1) is 16.7. The molecule has 2 heterocycles. The number of aromatic nitrogens is 2. The third-order valence-electron chi connectivity index (χ3n) is 4.57. The molecular formula is C26H23Br2ClF2N2O2. The van der Waals surface area contributed by atoms with Gasteiger partial charge in [0.25, 0.3) is 0 Å². The first-order valence-electron chi connectivity index (χ1n) is 10.6. The van der Waals surface area contributed by atoms with Gasteiger partial charge in [-0.1, -0.05) is 49.7 Å². The Kier molecular flexibility index (Phi) is 11.7. The first-order valence-corrected chi connectivity index (χ1v) is 12.5. The zero-order valence-corrected chi connectivity index (χ0v) is 23.1. The summed E-state index contributed by atoms with van der Waals surface area (Å²) in [6.45, 7) is 7.77. The van der Waals surface area contributed by atoms with Gasteiger partial charge in [0, 0.05) is 17.7 Å². The maximum Gasteiger partial charge on any atom is 0.178 e. The molecule has 2 aromatic carbocycles. The number of halogens is 5. The fourth-order valence-corrected chi connectivity index (χ4v) is 3.53. The summed E-state index contributed by atoms with van der Waals surface area (Å²) < 4.78 is 32.6. The van der Waals surface area contributed by atoms with Crippen molar-refractivity contribution in [2.45, 2.75) is 26.7 Å². The highest BCUT2D eigenvalue weighted by molar-refractivity contribution is 9.10. The van der Waals surface area contributed by atoms with Crippen molar-refractivity contribution in [3.8, 4) is 0 Å². The van der Waals surface area contributed by atoms with E-state index in [1.165, 1.54) is 19.6 Å². The van der Waals surface area contributed by atoms with Crippen molar-refractivity contribution >= 4 is 71.0 Å². The predicted octanol–water partition coefficient (Wildman–Crippen LogP) is 9.08. The van der Waals surface area contributed by atoms with Crippen LogP contribution in [0.4, 0.5) is 8.78 Å². The van der Waals surface area contributed by atoms with Crippen LogP contribution in [0.3, 0.4) is 0 Å². The SMILES string of the molecule is C=COCCCC.CC(=O)c1ccc2ccc(Br)c(F)c2n1.Fc1c(Br)ccc2ccc(Cl)nc12. The lowest BCUT2D eigenvalue weighted by atomic mass is 10.2. The van der Waals surface area contributed by atoms with Crippen LogP contribution in [0.5, 0.6) is 0 Å². The Labute approximate surface area is 224 Å². The Morgan fingerprint density at radius 1 is 0.971 bits per heavy atom. The minimum absolute atomic E-state index is 0.170. The van der Waals surface area contributed by atoms with Crippen LogP contribution in [0, 0.1) is 11.6 Å². The molecule has 4 aromatic rings. The molecule has 9 heteroatoms. The number of pyridine rings is 2. The summed E-state index contributed by atoms with van der Waals surface area (Å²) in [5.41, 5.74) is 0.790. The molecular weight excluding hydrogens is 606 g/mol. The highest BCUT2D eigenvalue weighted by atomic mass is 79.9. The molecule has 0 saturated heterocycles. The zero-order valence-electron chi connectivity index (χ0n) is 19.1. The molecule has 0 unspecified atom stereocenters. The van der Waals surface area contributed by atoms with Crippen molar-refractivity contribution in [2.75, 3.05) is 6.61 Å². The third kappa shape index (κ3) is 8.33. The van der Waals surface area contributed by atoms with E-state index in [9.17, 15) is 13.6 Å². The molecule has 0 aliphatic carbocycles. The van der Waals surface area contributed by atoms with Gasteiger partial charge in [0.1, 0.15) is 21.9 Å². The van der Waals surface area contributed by atoms with Gasteiger partial charge in [0.2, 0.25) is 0 Å². The van der Waals surface area contributed by atoms with Gasteiger partial charge in [-0.15, -0.1) is 0 Å². The van der Waals surface area contributed by atoms with Gasteiger partial charge in [-0.3, -0.25) is 4.79 Å². The average Bonchev–Trinajstić information content (AvgIpc) is 2.85. The van der Waals surface area contributed by atoms with E-state index >= 15 is 0 Å². The van der Waals surface area contributed by atoms with Crippen LogP contribution >= 0.6 is 43.5 Å². The van der Waals surface area contributed by atoms with E-state index in [0.29, 0.717) is 25.0 Å². The van der Waals surface area contributed by atoms with Crippen LogP contribution in [0.2, 0.25) is 5.15 Å². The molecule has 0 fully saturated rings. The number of hydrogen-bond acceptors (Lipinski definition) is 4. The second-order valence-electron chi connectivity index (χ2n) is 7.14. The van der Waals surface area contributed by atoms with Crippen LogP contribution < -0.4 is 0 Å². The largest absolute Gasteiger partial charge is 0.502 e. The number of carbonyl (C=O) groups is 1. The molecule has 0 aliphatic heterocycles. The number of hydrogen-bond donors (Lipinski definition) is 0. The molecule has 0 radical (unpaired) electrons. The number of unbranched alkanes of at least 4 members (excludes halogenated alkanes) is 1. The molecule has 0 atom stereocenters. The molecule has 4 nitrogen and oxygen atoms in total. The minimum atomic E-state index is -0.435. The summed E-state index contributed by atoms with van der Waals surface area (Å²) in [6, 6.07) is 13.5. The van der Waals surface area contributed by atoms with E-state index in [1.807, 2.05) is 0 Å². The molecule has 0 spiro atoms. The van der Waals surface area contributed by atoms with Crippen LogP contribution in [-0.4, -0.2) is 22.4 Å². The third-order valence-corrected chi connectivity index (χ3v) is 6.00. The van der Waals surface area contributed by atoms with Crippen molar-refractivity contribution in [1.29, 1.82) is 0 Å². The Morgan fingerprint density at radius 2 is 1.49 bits per heavy atom. The molecule has 0 aliphatic rings. The molecule has 0 bridgehead atoms. The van der Waals surface area contributed by atoms with Gasteiger partial charge in [0.15, 0.2) is 17.4 Å². The summed E-state index contributed by atoms with van der Waals surface area (Å²) >= 11 is 11.8. The standard InChI is InChI=1S/C11H7BrFNO.C9H4BrClFN.C6H12O/c1-6(15)9-5-3-7-2-4-8(12)10(13)11(7)14-9;10-6-3-1-5-2-4-7(11)13-9(5)8(6)12;1-3-5-6-7-4-2/h2-5H,1H3;1-4H;4H,2-3,5-6H2,1H3. The maximum absolute atomic E-state index is 13.6. The van der Waals surface area contributed by atoms with Crippen molar-refractivity contribution in [3.05, 3.63) is 92.8 Å². The minimum Gasteiger partial charge on any atom is -0.502 e. The van der Waals surface area contributed by atoms with Gasteiger partial charge in [-0.2, -0.15) is 0 Å². The van der Waals surface area contributed by atoms with Gasteiger partial charge in [-0.05, 0) is 68.6 Å². The number of benzene rings is 2. The molecule has 184 valence electrons. The second kappa shape index (κ2) is 14.2. The lowest BCUT2D eigenvalue weighted by molar-refractivity contribution is 0.101. The molecule has 35 heavy (non-hydrogen) atoms. The summed E-state index contributed by atoms with van der Waals surface area (Å²) in [7, 11) is 0. The number of ether oxygens (including phenoxy) is 1. The molecule has 0 amide bonds. The van der Waals surface area contributed by atoms with Crippen LogP contribution in [0.1, 0.15) is 37.2 Å². The van der Waals surface area contributed by atoms with E-state index in [2.05, 4.69) is 55.3 Å². The molecule has 0 saturated carbocycles. The topological polar surface area (TPSA) is 52.1 Å². The Hall–Kier alpha value is -2.42. The number of rotatable bonds is 5. The van der Waals surface area contributed by atoms with Gasteiger partial charge in [0.05, 0.1) is 21.8 Å². The lowest BCUT2D eigenvalue weighted by Gasteiger charge is -2.02. The lowest BCUT2D eigenvalue weighted by Crippen LogP contribution is -1.97. The van der Waals surface area contributed by atoms with Crippen molar-refractivity contribution in [2.24, 2.45) is 0 Å².